The molecule has 1 aliphatic heterocycles. The lowest BCUT2D eigenvalue weighted by atomic mass is 10.0. The molecule has 2 rings (SSSR count). The average molecular weight is 249 g/mol. The van der Waals surface area contributed by atoms with E-state index in [0.717, 1.165) is 5.92 Å². The Balaban J connectivity index is 1.80. The molecule has 1 heterocycles. The Morgan fingerprint density at radius 3 is 2.76 bits per heavy atom. The van der Waals surface area contributed by atoms with Crippen LogP contribution in [0, 0.1) is 12.8 Å². The summed E-state index contributed by atoms with van der Waals surface area (Å²) in [6, 6.07) is 9.35. The van der Waals surface area contributed by atoms with Crippen molar-refractivity contribution in [2.75, 3.05) is 18.1 Å². The number of hydrogen-bond donors (Lipinski definition) is 1. The summed E-state index contributed by atoms with van der Waals surface area (Å²) in [7, 11) is 0. The first kappa shape index (κ1) is 13.0. The van der Waals surface area contributed by atoms with E-state index in [2.05, 4.69) is 55.2 Å². The molecule has 17 heavy (non-hydrogen) atoms. The Hall–Kier alpha value is -0.470. The Bertz CT molecular complexity index is 327. The van der Waals surface area contributed by atoms with Crippen molar-refractivity contribution in [3.63, 3.8) is 0 Å². The van der Waals surface area contributed by atoms with E-state index in [-0.39, 0.29) is 0 Å². The maximum atomic E-state index is 3.67. The third-order valence-electron chi connectivity index (χ3n) is 3.54. The molecular weight excluding hydrogens is 226 g/mol. The number of rotatable bonds is 4. The van der Waals surface area contributed by atoms with E-state index in [4.69, 9.17) is 0 Å². The van der Waals surface area contributed by atoms with E-state index < -0.39 is 0 Å². The van der Waals surface area contributed by atoms with Gasteiger partial charge in [-0.2, -0.15) is 11.8 Å². The summed E-state index contributed by atoms with van der Waals surface area (Å²) in [6.07, 6.45) is 2.80. The first-order valence-corrected chi connectivity index (χ1v) is 7.79. The second-order valence-corrected chi connectivity index (χ2v) is 6.27. The standard InChI is InChI=1S/C15H23NS/c1-12-5-7-15(8-6-12)13(2)16-10-14-4-3-9-17-11-14/h5-8,13-14,16H,3-4,9-11H2,1-2H3/t13-,14?/m1/s1. The molecule has 1 fully saturated rings. The van der Waals surface area contributed by atoms with Gasteiger partial charge in [0.2, 0.25) is 0 Å². The smallest absolute Gasteiger partial charge is 0.0291 e. The molecule has 0 saturated carbocycles. The summed E-state index contributed by atoms with van der Waals surface area (Å²) in [5.74, 6) is 3.58. The van der Waals surface area contributed by atoms with Crippen LogP contribution in [0.3, 0.4) is 0 Å². The first-order chi connectivity index (χ1) is 8.25. The van der Waals surface area contributed by atoms with Gasteiger partial charge in [-0.25, -0.2) is 0 Å². The summed E-state index contributed by atoms with van der Waals surface area (Å²) in [6.45, 7) is 5.57. The second kappa shape index (κ2) is 6.46. The van der Waals surface area contributed by atoms with Crippen LogP contribution in [0.25, 0.3) is 0 Å². The first-order valence-electron chi connectivity index (χ1n) is 6.63. The number of aryl methyl sites for hydroxylation is 1. The topological polar surface area (TPSA) is 12.0 Å². The van der Waals surface area contributed by atoms with Gasteiger partial charge in [-0.1, -0.05) is 29.8 Å². The molecule has 94 valence electrons. The summed E-state index contributed by atoms with van der Waals surface area (Å²) < 4.78 is 0. The molecule has 0 amide bonds. The molecule has 1 aliphatic rings. The minimum atomic E-state index is 0.475. The van der Waals surface area contributed by atoms with Gasteiger partial charge in [-0.15, -0.1) is 0 Å². The monoisotopic (exact) mass is 249 g/mol. The van der Waals surface area contributed by atoms with Gasteiger partial charge in [0.1, 0.15) is 0 Å². The Morgan fingerprint density at radius 1 is 1.35 bits per heavy atom. The molecule has 1 N–H and O–H groups in total. The molecule has 1 unspecified atom stereocenters. The molecule has 1 aromatic carbocycles. The van der Waals surface area contributed by atoms with E-state index in [1.807, 2.05) is 0 Å². The number of hydrogen-bond acceptors (Lipinski definition) is 2. The predicted molar refractivity (Wildman–Crippen MR) is 77.6 cm³/mol. The quantitative estimate of drug-likeness (QED) is 0.871. The maximum absolute atomic E-state index is 3.67. The van der Waals surface area contributed by atoms with Crippen molar-refractivity contribution in [3.8, 4) is 0 Å². The Morgan fingerprint density at radius 2 is 2.12 bits per heavy atom. The van der Waals surface area contributed by atoms with Crippen LogP contribution < -0.4 is 5.32 Å². The number of thioether (sulfide) groups is 1. The molecular formula is C15H23NS. The van der Waals surface area contributed by atoms with Crippen LogP contribution in [0.1, 0.15) is 36.9 Å². The molecule has 0 spiro atoms. The fraction of sp³-hybridized carbons (Fsp3) is 0.600. The molecule has 0 bridgehead atoms. The van der Waals surface area contributed by atoms with Gasteiger partial charge in [-0.3, -0.25) is 0 Å². The lowest BCUT2D eigenvalue weighted by Crippen LogP contribution is -2.28. The Kier molecular flexibility index (Phi) is 4.93. The third-order valence-corrected chi connectivity index (χ3v) is 4.83. The maximum Gasteiger partial charge on any atom is 0.0291 e. The van der Waals surface area contributed by atoms with Gasteiger partial charge >= 0.3 is 0 Å². The minimum absolute atomic E-state index is 0.475. The van der Waals surface area contributed by atoms with Crippen molar-refractivity contribution < 1.29 is 0 Å². The van der Waals surface area contributed by atoms with E-state index in [0.29, 0.717) is 6.04 Å². The third kappa shape index (κ3) is 4.04. The molecule has 1 saturated heterocycles. The molecule has 2 atom stereocenters. The van der Waals surface area contributed by atoms with Crippen molar-refractivity contribution in [1.82, 2.24) is 5.32 Å². The van der Waals surface area contributed by atoms with Crippen LogP contribution >= 0.6 is 11.8 Å². The van der Waals surface area contributed by atoms with Crippen LogP contribution in [0.4, 0.5) is 0 Å². The van der Waals surface area contributed by atoms with Crippen LogP contribution in [0.2, 0.25) is 0 Å². The average Bonchev–Trinajstić information content (AvgIpc) is 2.38. The van der Waals surface area contributed by atoms with Crippen molar-refractivity contribution in [1.29, 1.82) is 0 Å². The highest BCUT2D eigenvalue weighted by atomic mass is 32.2. The van der Waals surface area contributed by atoms with Crippen LogP contribution in [0.15, 0.2) is 24.3 Å². The van der Waals surface area contributed by atoms with Gasteiger partial charge in [0.05, 0.1) is 0 Å². The summed E-state index contributed by atoms with van der Waals surface area (Å²) in [5.41, 5.74) is 2.74. The fourth-order valence-corrected chi connectivity index (χ4v) is 3.44. The molecule has 1 aromatic rings. The summed E-state index contributed by atoms with van der Waals surface area (Å²) in [5, 5.41) is 3.67. The predicted octanol–water partition coefficient (Wildman–Crippen LogP) is 3.79. The highest BCUT2D eigenvalue weighted by molar-refractivity contribution is 7.99. The molecule has 2 heteroatoms. The normalized spacial score (nSPS) is 22.4. The van der Waals surface area contributed by atoms with Gasteiger partial charge in [-0.05, 0) is 56.2 Å². The van der Waals surface area contributed by atoms with Crippen LogP contribution in [-0.2, 0) is 0 Å². The minimum Gasteiger partial charge on any atom is -0.310 e. The second-order valence-electron chi connectivity index (χ2n) is 5.12. The molecule has 1 nitrogen and oxygen atoms in total. The van der Waals surface area contributed by atoms with Gasteiger partial charge in [0.25, 0.3) is 0 Å². The zero-order valence-electron chi connectivity index (χ0n) is 10.9. The van der Waals surface area contributed by atoms with Gasteiger partial charge in [0.15, 0.2) is 0 Å². The van der Waals surface area contributed by atoms with E-state index in [1.54, 1.807) is 0 Å². The highest BCUT2D eigenvalue weighted by Gasteiger charge is 2.14. The van der Waals surface area contributed by atoms with Gasteiger partial charge < -0.3 is 5.32 Å². The summed E-state index contributed by atoms with van der Waals surface area (Å²) >= 11 is 2.11. The fourth-order valence-electron chi connectivity index (χ4n) is 2.28. The zero-order chi connectivity index (χ0) is 12.1. The van der Waals surface area contributed by atoms with E-state index in [9.17, 15) is 0 Å². The molecule has 0 aliphatic carbocycles. The SMILES string of the molecule is Cc1ccc([C@@H](C)NCC2CCCSC2)cc1. The van der Waals surface area contributed by atoms with Crippen molar-refractivity contribution >= 4 is 11.8 Å². The number of nitrogens with one attached hydrogen (secondary N) is 1. The lowest BCUT2D eigenvalue weighted by molar-refractivity contribution is 0.444. The zero-order valence-corrected chi connectivity index (χ0v) is 11.7. The number of benzene rings is 1. The van der Waals surface area contributed by atoms with Crippen molar-refractivity contribution in [3.05, 3.63) is 35.4 Å². The highest BCUT2D eigenvalue weighted by Crippen LogP contribution is 2.22. The van der Waals surface area contributed by atoms with E-state index in [1.165, 1.54) is 42.0 Å². The lowest BCUT2D eigenvalue weighted by Gasteiger charge is -2.24. The molecule has 0 aromatic heterocycles. The summed E-state index contributed by atoms with van der Waals surface area (Å²) in [4.78, 5) is 0. The van der Waals surface area contributed by atoms with E-state index >= 15 is 0 Å². The van der Waals surface area contributed by atoms with Crippen LogP contribution in [0.5, 0.6) is 0 Å². The Labute approximate surface area is 109 Å². The largest absolute Gasteiger partial charge is 0.310 e. The van der Waals surface area contributed by atoms with Crippen LogP contribution in [-0.4, -0.2) is 18.1 Å². The van der Waals surface area contributed by atoms with Crippen molar-refractivity contribution in [2.24, 2.45) is 5.92 Å². The molecule has 0 radical (unpaired) electrons. The van der Waals surface area contributed by atoms with Gasteiger partial charge in [0, 0.05) is 6.04 Å². The van der Waals surface area contributed by atoms with Crippen molar-refractivity contribution in [2.45, 2.75) is 32.7 Å².